The second-order valence-electron chi connectivity index (χ2n) is 9.33. The van der Waals surface area contributed by atoms with Gasteiger partial charge >= 0.3 is 0 Å². The number of fused-ring (bicyclic) bond motifs is 1. The quantitative estimate of drug-likeness (QED) is 0.506. The van der Waals surface area contributed by atoms with Crippen molar-refractivity contribution in [1.29, 1.82) is 0 Å². The maximum Gasteiger partial charge on any atom is 0.219 e. The number of aromatic nitrogens is 2. The Hall–Kier alpha value is -2.90. The van der Waals surface area contributed by atoms with E-state index in [-0.39, 0.29) is 11.7 Å². The summed E-state index contributed by atoms with van der Waals surface area (Å²) in [6.07, 6.45) is 1.81. The molecule has 3 aromatic rings. The Labute approximate surface area is 210 Å². The lowest BCUT2D eigenvalue weighted by molar-refractivity contribution is -0.129. The molecule has 0 unspecified atom stereocenters. The van der Waals surface area contributed by atoms with Gasteiger partial charge in [0.2, 0.25) is 5.91 Å². The molecule has 1 amide bonds. The Morgan fingerprint density at radius 3 is 2.46 bits per heavy atom. The van der Waals surface area contributed by atoms with Crippen LogP contribution in [0.15, 0.2) is 48.5 Å². The third-order valence-corrected chi connectivity index (χ3v) is 7.36. The van der Waals surface area contributed by atoms with E-state index in [1.165, 1.54) is 11.8 Å². The van der Waals surface area contributed by atoms with E-state index in [9.17, 15) is 9.18 Å². The van der Waals surface area contributed by atoms with Gasteiger partial charge in [0.05, 0.1) is 11.4 Å². The van der Waals surface area contributed by atoms with Gasteiger partial charge in [-0.2, -0.15) is 5.10 Å². The van der Waals surface area contributed by atoms with Gasteiger partial charge in [-0.3, -0.25) is 14.4 Å². The molecule has 1 fully saturated rings. The van der Waals surface area contributed by atoms with Crippen LogP contribution in [-0.2, 0) is 24.3 Å². The minimum Gasteiger partial charge on any atom is -0.367 e. The molecule has 2 aliphatic rings. The van der Waals surface area contributed by atoms with Crippen molar-refractivity contribution in [3.8, 4) is 11.3 Å². The second kappa shape index (κ2) is 10.4. The van der Waals surface area contributed by atoms with Crippen molar-refractivity contribution < 1.29 is 9.18 Å². The van der Waals surface area contributed by atoms with Gasteiger partial charge < -0.3 is 9.80 Å². The highest BCUT2D eigenvalue weighted by Gasteiger charge is 2.27. The SMILES string of the molecule is CC(=O)N1CCc2c(c(-c3ccc(Cl)cc3)nn2CCCN2CCN(c3ccccc3F)CC2)C1. The van der Waals surface area contributed by atoms with Crippen molar-refractivity contribution in [2.45, 2.75) is 32.9 Å². The zero-order valence-corrected chi connectivity index (χ0v) is 20.8. The van der Waals surface area contributed by atoms with Crippen LogP contribution in [0.5, 0.6) is 0 Å². The van der Waals surface area contributed by atoms with Crippen LogP contribution < -0.4 is 4.90 Å². The molecule has 8 heteroatoms. The van der Waals surface area contributed by atoms with Crippen LogP contribution in [0.1, 0.15) is 24.6 Å². The number of para-hydroxylation sites is 1. The van der Waals surface area contributed by atoms with Crippen LogP contribution in [-0.4, -0.2) is 64.8 Å². The van der Waals surface area contributed by atoms with Crippen molar-refractivity contribution in [3.63, 3.8) is 0 Å². The predicted molar refractivity (Wildman–Crippen MR) is 137 cm³/mol. The number of amides is 1. The van der Waals surface area contributed by atoms with Gasteiger partial charge in [0.1, 0.15) is 5.82 Å². The molecule has 0 spiro atoms. The molecule has 35 heavy (non-hydrogen) atoms. The monoisotopic (exact) mass is 495 g/mol. The number of piperazine rings is 1. The molecule has 3 heterocycles. The number of halogens is 2. The Kier molecular flexibility index (Phi) is 7.07. The Morgan fingerprint density at radius 2 is 1.74 bits per heavy atom. The molecular formula is C27H31ClFN5O. The first-order valence-electron chi connectivity index (χ1n) is 12.3. The van der Waals surface area contributed by atoms with Crippen molar-refractivity contribution >= 4 is 23.2 Å². The zero-order valence-electron chi connectivity index (χ0n) is 20.1. The fourth-order valence-electron chi connectivity index (χ4n) is 5.15. The van der Waals surface area contributed by atoms with Crippen molar-refractivity contribution in [2.24, 2.45) is 0 Å². The van der Waals surface area contributed by atoms with Crippen molar-refractivity contribution in [3.05, 3.63) is 70.6 Å². The minimum atomic E-state index is -0.149. The molecule has 0 saturated carbocycles. The van der Waals surface area contributed by atoms with Gasteiger partial charge in [-0.15, -0.1) is 0 Å². The Balaban J connectivity index is 1.24. The highest BCUT2D eigenvalue weighted by Crippen LogP contribution is 2.31. The summed E-state index contributed by atoms with van der Waals surface area (Å²) in [7, 11) is 0. The molecule has 0 atom stereocenters. The summed E-state index contributed by atoms with van der Waals surface area (Å²) in [5.41, 5.74) is 5.05. The van der Waals surface area contributed by atoms with Gasteiger partial charge in [-0.1, -0.05) is 35.9 Å². The highest BCUT2D eigenvalue weighted by molar-refractivity contribution is 6.30. The lowest BCUT2D eigenvalue weighted by Crippen LogP contribution is -2.47. The van der Waals surface area contributed by atoms with E-state index in [1.807, 2.05) is 41.3 Å². The lowest BCUT2D eigenvalue weighted by atomic mass is 10.0. The average Bonchev–Trinajstić information content (AvgIpc) is 3.23. The van der Waals surface area contributed by atoms with E-state index < -0.39 is 0 Å². The molecule has 0 aliphatic carbocycles. The summed E-state index contributed by atoms with van der Waals surface area (Å²) < 4.78 is 16.3. The van der Waals surface area contributed by atoms with Gasteiger partial charge in [-0.05, 0) is 30.7 Å². The molecule has 0 radical (unpaired) electrons. The smallest absolute Gasteiger partial charge is 0.219 e. The third-order valence-electron chi connectivity index (χ3n) is 7.11. The highest BCUT2D eigenvalue weighted by atomic mass is 35.5. The summed E-state index contributed by atoms with van der Waals surface area (Å²) in [6.45, 7) is 8.29. The predicted octanol–water partition coefficient (Wildman–Crippen LogP) is 4.46. The normalized spacial score (nSPS) is 16.4. The number of rotatable bonds is 6. The topological polar surface area (TPSA) is 44.6 Å². The standard InChI is InChI=1S/C27H31ClFN5O/c1-20(35)33-14-11-25-23(19-33)27(21-7-9-22(28)10-8-21)30-34(25)13-4-12-31-15-17-32(18-16-31)26-6-3-2-5-24(26)29/h2-3,5-10H,4,11-19H2,1H3. The molecule has 1 saturated heterocycles. The molecule has 184 valence electrons. The number of nitrogens with zero attached hydrogens (tertiary/aromatic N) is 5. The molecule has 6 nitrogen and oxygen atoms in total. The maximum atomic E-state index is 14.1. The second-order valence-corrected chi connectivity index (χ2v) is 9.76. The molecule has 2 aliphatic heterocycles. The van der Waals surface area contributed by atoms with E-state index >= 15 is 0 Å². The van der Waals surface area contributed by atoms with E-state index in [0.29, 0.717) is 17.3 Å². The van der Waals surface area contributed by atoms with Crippen molar-refractivity contribution in [1.82, 2.24) is 19.6 Å². The molecule has 1 aromatic heterocycles. The van der Waals surface area contributed by atoms with E-state index in [2.05, 4.69) is 14.5 Å². The minimum absolute atomic E-state index is 0.0972. The fraction of sp³-hybridized carbons (Fsp3) is 0.407. The summed E-state index contributed by atoms with van der Waals surface area (Å²) in [5, 5.41) is 5.69. The number of aryl methyl sites for hydroxylation is 1. The molecular weight excluding hydrogens is 465 g/mol. The van der Waals surface area contributed by atoms with Crippen LogP contribution in [0.3, 0.4) is 0 Å². The number of benzene rings is 2. The van der Waals surface area contributed by atoms with Gasteiger partial charge in [0.15, 0.2) is 0 Å². The summed E-state index contributed by atoms with van der Waals surface area (Å²) >= 11 is 6.10. The third kappa shape index (κ3) is 5.21. The number of carbonyl (C=O) groups excluding carboxylic acids is 1. The van der Waals surface area contributed by atoms with Crippen LogP contribution in [0, 0.1) is 5.82 Å². The van der Waals surface area contributed by atoms with Crippen molar-refractivity contribution in [2.75, 3.05) is 44.2 Å². The number of hydrogen-bond donors (Lipinski definition) is 0. The molecule has 0 N–H and O–H groups in total. The Morgan fingerprint density at radius 1 is 1.00 bits per heavy atom. The first-order chi connectivity index (χ1) is 17.0. The fourth-order valence-corrected chi connectivity index (χ4v) is 5.27. The lowest BCUT2D eigenvalue weighted by Gasteiger charge is -2.36. The maximum absolute atomic E-state index is 14.1. The number of anilines is 1. The largest absolute Gasteiger partial charge is 0.367 e. The number of carbonyl (C=O) groups is 1. The van der Waals surface area contributed by atoms with Crippen LogP contribution in [0.25, 0.3) is 11.3 Å². The summed E-state index contributed by atoms with van der Waals surface area (Å²) in [4.78, 5) is 18.5. The summed E-state index contributed by atoms with van der Waals surface area (Å²) in [6, 6.07) is 14.8. The molecule has 0 bridgehead atoms. The summed E-state index contributed by atoms with van der Waals surface area (Å²) in [5.74, 6) is -0.0516. The van der Waals surface area contributed by atoms with Gasteiger partial charge in [-0.25, -0.2) is 4.39 Å². The van der Waals surface area contributed by atoms with E-state index in [1.54, 1.807) is 13.0 Å². The first-order valence-corrected chi connectivity index (χ1v) is 12.7. The molecule has 5 rings (SSSR count). The Bertz CT molecular complexity index is 1190. The van der Waals surface area contributed by atoms with Gasteiger partial charge in [0, 0.05) is 87.5 Å². The van der Waals surface area contributed by atoms with Crippen LogP contribution >= 0.6 is 11.6 Å². The average molecular weight is 496 g/mol. The van der Waals surface area contributed by atoms with E-state index in [4.69, 9.17) is 16.7 Å². The first kappa shape index (κ1) is 23.8. The molecule has 2 aromatic carbocycles. The van der Waals surface area contributed by atoms with E-state index in [0.717, 1.165) is 75.5 Å². The van der Waals surface area contributed by atoms with Crippen LogP contribution in [0.4, 0.5) is 10.1 Å². The zero-order chi connectivity index (χ0) is 24.4. The van der Waals surface area contributed by atoms with Gasteiger partial charge in [0.25, 0.3) is 0 Å². The number of hydrogen-bond acceptors (Lipinski definition) is 4. The van der Waals surface area contributed by atoms with Crippen LogP contribution in [0.2, 0.25) is 5.02 Å².